The van der Waals surface area contributed by atoms with Crippen molar-refractivity contribution in [1.82, 2.24) is 4.57 Å². The first-order valence-electron chi connectivity index (χ1n) is 10.0. The third-order valence-electron chi connectivity index (χ3n) is 4.91. The molecule has 31 heavy (non-hydrogen) atoms. The van der Waals surface area contributed by atoms with Gasteiger partial charge in [0.25, 0.3) is 0 Å². The second kappa shape index (κ2) is 8.15. The van der Waals surface area contributed by atoms with Gasteiger partial charge in [0.2, 0.25) is 5.78 Å². The van der Waals surface area contributed by atoms with Crippen LogP contribution in [0.4, 0.5) is 4.79 Å². The van der Waals surface area contributed by atoms with Crippen LogP contribution in [0.3, 0.4) is 0 Å². The van der Waals surface area contributed by atoms with Crippen LogP contribution in [0, 0.1) is 5.41 Å². The third-order valence-corrected chi connectivity index (χ3v) is 5.95. The summed E-state index contributed by atoms with van der Waals surface area (Å²) in [5.74, 6) is -0.0350. The Kier molecular flexibility index (Phi) is 6.06. The summed E-state index contributed by atoms with van der Waals surface area (Å²) in [6.45, 7) is 11.6. The monoisotopic (exact) mass is 444 g/mol. The summed E-state index contributed by atoms with van der Waals surface area (Å²) < 4.78 is 11.6. The van der Waals surface area contributed by atoms with Crippen LogP contribution >= 0.6 is 11.8 Å². The molecule has 1 aliphatic rings. The largest absolute Gasteiger partial charge is 0.465 e. The van der Waals surface area contributed by atoms with Crippen molar-refractivity contribution in [2.24, 2.45) is 10.4 Å². The highest BCUT2D eigenvalue weighted by Gasteiger charge is 2.33. The van der Waals surface area contributed by atoms with Crippen molar-refractivity contribution in [1.29, 1.82) is 0 Å². The van der Waals surface area contributed by atoms with Crippen molar-refractivity contribution >= 4 is 45.6 Å². The molecule has 1 aromatic heterocycles. The smallest absolute Gasteiger partial charge is 0.419 e. The van der Waals surface area contributed by atoms with Crippen LogP contribution < -0.4 is 0 Å². The van der Waals surface area contributed by atoms with Crippen LogP contribution in [-0.2, 0) is 9.47 Å². The van der Waals surface area contributed by atoms with E-state index in [0.29, 0.717) is 21.5 Å². The number of aliphatic imine (C=N–C) groups is 1. The molecule has 0 radical (unpaired) electrons. The van der Waals surface area contributed by atoms with Crippen LogP contribution in [0.15, 0.2) is 29.4 Å². The van der Waals surface area contributed by atoms with Crippen molar-refractivity contribution in [3.05, 3.63) is 35.5 Å². The molecule has 1 aromatic carbocycles. The van der Waals surface area contributed by atoms with Gasteiger partial charge in [0.05, 0.1) is 29.8 Å². The zero-order valence-electron chi connectivity index (χ0n) is 18.9. The number of aromatic nitrogens is 1. The molecule has 1 atom stereocenters. The van der Waals surface area contributed by atoms with E-state index in [4.69, 9.17) is 9.47 Å². The fraction of sp³-hybridized carbons (Fsp3) is 0.478. The van der Waals surface area contributed by atoms with E-state index in [1.54, 1.807) is 32.9 Å². The maximum absolute atomic E-state index is 13.3. The minimum Gasteiger partial charge on any atom is -0.465 e. The summed E-state index contributed by atoms with van der Waals surface area (Å²) in [6, 6.07) is 4.80. The lowest BCUT2D eigenvalue weighted by Crippen LogP contribution is -2.26. The van der Waals surface area contributed by atoms with Crippen molar-refractivity contribution in [3.63, 3.8) is 0 Å². The predicted octanol–water partition coefficient (Wildman–Crippen LogP) is 4.95. The number of esters is 1. The lowest BCUT2D eigenvalue weighted by Gasteiger charge is -2.23. The maximum Gasteiger partial charge on any atom is 0.419 e. The van der Waals surface area contributed by atoms with Crippen molar-refractivity contribution in [2.75, 3.05) is 12.9 Å². The van der Waals surface area contributed by atoms with Gasteiger partial charge in [0.15, 0.2) is 0 Å². The second-order valence-electron chi connectivity index (χ2n) is 9.57. The standard InChI is InChI=1S/C23H28N2O5S/c1-22(2,3)17-12-31-19(24-17)18(26)15-11-25(21(28)30-23(4,5)6)16-10-13(20(27)29-7)8-9-14(15)16/h8-11,17H,12H2,1-7H3. The van der Waals surface area contributed by atoms with Crippen molar-refractivity contribution in [2.45, 2.75) is 53.2 Å². The van der Waals surface area contributed by atoms with Gasteiger partial charge in [0.1, 0.15) is 10.6 Å². The highest BCUT2D eigenvalue weighted by molar-refractivity contribution is 8.16. The molecule has 1 aliphatic heterocycles. The lowest BCUT2D eigenvalue weighted by atomic mass is 9.88. The van der Waals surface area contributed by atoms with E-state index in [1.807, 2.05) is 0 Å². The van der Waals surface area contributed by atoms with E-state index in [0.717, 1.165) is 5.75 Å². The molecular weight excluding hydrogens is 416 g/mol. The summed E-state index contributed by atoms with van der Waals surface area (Å²) in [6.07, 6.45) is 0.836. The average Bonchev–Trinajstić information content (AvgIpc) is 3.30. The molecule has 0 N–H and O–H groups in total. The Morgan fingerprint density at radius 1 is 1.13 bits per heavy atom. The van der Waals surface area contributed by atoms with E-state index in [2.05, 4.69) is 25.8 Å². The van der Waals surface area contributed by atoms with E-state index in [1.165, 1.54) is 35.7 Å². The summed E-state index contributed by atoms with van der Waals surface area (Å²) in [7, 11) is 1.29. The van der Waals surface area contributed by atoms with Gasteiger partial charge < -0.3 is 9.47 Å². The number of carbonyl (C=O) groups is 3. The van der Waals surface area contributed by atoms with Gasteiger partial charge in [-0.2, -0.15) is 0 Å². The zero-order chi connectivity index (χ0) is 23.1. The molecule has 166 valence electrons. The SMILES string of the molecule is COC(=O)c1ccc2c(C(=O)C3=NC(C(C)(C)C)CS3)cn(C(=O)OC(C)(C)C)c2c1. The third kappa shape index (κ3) is 4.84. The number of ether oxygens (including phenoxy) is 2. The van der Waals surface area contributed by atoms with Gasteiger partial charge in [-0.15, -0.1) is 11.8 Å². The normalized spacial score (nSPS) is 16.9. The van der Waals surface area contributed by atoms with Crippen LogP contribution in [-0.4, -0.2) is 52.0 Å². The molecule has 0 amide bonds. The van der Waals surface area contributed by atoms with E-state index in [9.17, 15) is 14.4 Å². The van der Waals surface area contributed by atoms with Crippen molar-refractivity contribution < 1.29 is 23.9 Å². The van der Waals surface area contributed by atoms with Gasteiger partial charge in [-0.1, -0.05) is 26.8 Å². The van der Waals surface area contributed by atoms with Crippen LogP contribution in [0.2, 0.25) is 0 Å². The average molecular weight is 445 g/mol. The molecule has 8 heteroatoms. The quantitative estimate of drug-likeness (QED) is 0.492. The van der Waals surface area contributed by atoms with Gasteiger partial charge in [-0.05, 0) is 38.3 Å². The molecule has 0 spiro atoms. The Balaban J connectivity index is 2.11. The highest BCUT2D eigenvalue weighted by Crippen LogP contribution is 2.34. The molecule has 0 saturated carbocycles. The van der Waals surface area contributed by atoms with E-state index < -0.39 is 17.7 Å². The Morgan fingerprint density at radius 3 is 2.35 bits per heavy atom. The molecule has 3 rings (SSSR count). The van der Waals surface area contributed by atoms with Gasteiger partial charge in [0, 0.05) is 17.3 Å². The molecule has 7 nitrogen and oxygen atoms in total. The van der Waals surface area contributed by atoms with Gasteiger partial charge >= 0.3 is 12.1 Å². The summed E-state index contributed by atoms with van der Waals surface area (Å²) in [4.78, 5) is 42.8. The number of Topliss-reactive ketones (excluding diaryl/α,β-unsaturated/α-hetero) is 1. The number of methoxy groups -OCH3 is 1. The lowest BCUT2D eigenvalue weighted by molar-refractivity contribution is 0.0541. The molecule has 0 fully saturated rings. The Labute approximate surface area is 186 Å². The molecular formula is C23H28N2O5S. The number of carbonyl (C=O) groups excluding carboxylic acids is 3. The summed E-state index contributed by atoms with van der Waals surface area (Å²) in [5, 5.41) is 0.978. The Morgan fingerprint density at radius 2 is 1.81 bits per heavy atom. The fourth-order valence-electron chi connectivity index (χ4n) is 3.17. The second-order valence-corrected chi connectivity index (χ2v) is 10.6. The van der Waals surface area contributed by atoms with Crippen LogP contribution in [0.1, 0.15) is 62.3 Å². The summed E-state index contributed by atoms with van der Waals surface area (Å²) in [5.41, 5.74) is 0.254. The molecule has 2 aromatic rings. The maximum atomic E-state index is 13.3. The molecule has 0 aliphatic carbocycles. The Hall–Kier alpha value is -2.61. The minimum absolute atomic E-state index is 0.0431. The predicted molar refractivity (Wildman–Crippen MR) is 122 cm³/mol. The summed E-state index contributed by atoms with van der Waals surface area (Å²) >= 11 is 1.43. The van der Waals surface area contributed by atoms with Crippen LogP contribution in [0.25, 0.3) is 10.9 Å². The van der Waals surface area contributed by atoms with E-state index in [-0.39, 0.29) is 22.8 Å². The number of ketones is 1. The van der Waals surface area contributed by atoms with E-state index >= 15 is 0 Å². The number of thioether (sulfide) groups is 1. The van der Waals surface area contributed by atoms with Gasteiger partial charge in [-0.3, -0.25) is 14.4 Å². The van der Waals surface area contributed by atoms with Crippen molar-refractivity contribution in [3.8, 4) is 0 Å². The number of rotatable bonds is 3. The number of benzene rings is 1. The molecule has 0 bridgehead atoms. The first-order valence-corrected chi connectivity index (χ1v) is 11.0. The van der Waals surface area contributed by atoms with Crippen LogP contribution in [0.5, 0.6) is 0 Å². The number of hydrogen-bond acceptors (Lipinski definition) is 7. The first-order chi connectivity index (χ1) is 14.3. The fourth-order valence-corrected chi connectivity index (χ4v) is 4.50. The van der Waals surface area contributed by atoms with Gasteiger partial charge in [-0.25, -0.2) is 9.59 Å². The Bertz CT molecular complexity index is 1090. The molecule has 1 unspecified atom stereocenters. The highest BCUT2D eigenvalue weighted by atomic mass is 32.2. The number of hydrogen-bond donors (Lipinski definition) is 0. The number of nitrogens with zero attached hydrogens (tertiary/aromatic N) is 2. The molecule has 2 heterocycles. The number of fused-ring (bicyclic) bond motifs is 1. The topological polar surface area (TPSA) is 87.0 Å². The zero-order valence-corrected chi connectivity index (χ0v) is 19.8. The minimum atomic E-state index is -0.719. The molecule has 0 saturated heterocycles. The first kappa shape index (κ1) is 23.1.